The third-order valence-electron chi connectivity index (χ3n) is 3.73. The van der Waals surface area contributed by atoms with Crippen LogP contribution in [0.15, 0.2) is 48.5 Å². The molecule has 27 heavy (non-hydrogen) atoms. The average Bonchev–Trinajstić information content (AvgIpc) is 2.62. The molecule has 0 unspecified atom stereocenters. The number of benzene rings is 2. The Balaban J connectivity index is 1.88. The predicted octanol–water partition coefficient (Wildman–Crippen LogP) is 2.43. The van der Waals surface area contributed by atoms with Gasteiger partial charge in [-0.1, -0.05) is 12.1 Å². The fourth-order valence-corrected chi connectivity index (χ4v) is 2.23. The van der Waals surface area contributed by atoms with Crippen LogP contribution in [0.2, 0.25) is 0 Å². The Hall–Kier alpha value is -3.35. The Morgan fingerprint density at radius 1 is 1.00 bits per heavy atom. The van der Waals surface area contributed by atoms with Gasteiger partial charge in [0.1, 0.15) is 5.75 Å². The zero-order valence-electron chi connectivity index (χ0n) is 15.4. The van der Waals surface area contributed by atoms with Gasteiger partial charge in [0.15, 0.2) is 12.2 Å². The van der Waals surface area contributed by atoms with E-state index in [-0.39, 0.29) is 0 Å². The molecule has 2 rings (SSSR count). The van der Waals surface area contributed by atoms with Crippen molar-refractivity contribution in [3.8, 4) is 5.75 Å². The van der Waals surface area contributed by atoms with Crippen LogP contribution in [0.5, 0.6) is 5.75 Å². The van der Waals surface area contributed by atoms with Gasteiger partial charge in [0.05, 0.1) is 0 Å². The molecule has 0 radical (unpaired) electrons. The molecule has 0 aliphatic heterocycles. The molecule has 0 bridgehead atoms. The maximum atomic E-state index is 12.2. The predicted molar refractivity (Wildman–Crippen MR) is 100 cm³/mol. The zero-order chi connectivity index (χ0) is 20.0. The average molecular weight is 370 g/mol. The van der Waals surface area contributed by atoms with E-state index in [1.165, 1.54) is 31.2 Å². The van der Waals surface area contributed by atoms with E-state index in [9.17, 15) is 14.4 Å². The van der Waals surface area contributed by atoms with Crippen LogP contribution in [-0.4, -0.2) is 30.0 Å². The Labute approximate surface area is 157 Å². The van der Waals surface area contributed by atoms with Crippen LogP contribution < -0.4 is 15.8 Å². The Kier molecular flexibility index (Phi) is 6.54. The van der Waals surface area contributed by atoms with Crippen molar-refractivity contribution >= 4 is 23.5 Å². The minimum atomic E-state index is -1.02. The number of amides is 2. The van der Waals surface area contributed by atoms with Gasteiger partial charge < -0.3 is 20.5 Å². The molecule has 142 valence electrons. The lowest BCUT2D eigenvalue weighted by Gasteiger charge is -2.18. The molecule has 0 heterocycles. The molecule has 2 aromatic rings. The summed E-state index contributed by atoms with van der Waals surface area (Å²) in [7, 11) is 0. The van der Waals surface area contributed by atoms with Crippen molar-refractivity contribution < 1.29 is 23.9 Å². The first-order chi connectivity index (χ1) is 12.8. The van der Waals surface area contributed by atoms with Crippen LogP contribution in [-0.2, 0) is 14.3 Å². The van der Waals surface area contributed by atoms with Crippen LogP contribution in [0.4, 0.5) is 5.69 Å². The van der Waals surface area contributed by atoms with Gasteiger partial charge in [-0.25, -0.2) is 4.79 Å². The summed E-state index contributed by atoms with van der Waals surface area (Å²) < 4.78 is 10.7. The second-order valence-corrected chi connectivity index (χ2v) is 6.09. The molecule has 0 fully saturated rings. The van der Waals surface area contributed by atoms with Crippen molar-refractivity contribution in [2.75, 3.05) is 5.32 Å². The molecule has 0 spiro atoms. The first kappa shape index (κ1) is 20.0. The van der Waals surface area contributed by atoms with Gasteiger partial charge >= 0.3 is 5.97 Å². The Bertz CT molecular complexity index is 833. The number of esters is 1. The minimum absolute atomic E-state index is 0.328. The van der Waals surface area contributed by atoms with E-state index in [4.69, 9.17) is 15.2 Å². The molecule has 0 saturated heterocycles. The van der Waals surface area contributed by atoms with E-state index >= 15 is 0 Å². The number of rotatable bonds is 7. The van der Waals surface area contributed by atoms with E-state index in [1.807, 2.05) is 19.1 Å². The maximum absolute atomic E-state index is 12.2. The number of hydrogen-bond donors (Lipinski definition) is 2. The highest BCUT2D eigenvalue weighted by atomic mass is 16.6. The molecule has 2 amide bonds. The number of anilines is 1. The summed E-state index contributed by atoms with van der Waals surface area (Å²) in [6, 6.07) is 13.3. The number of nitrogens with one attached hydrogen (secondary N) is 1. The second kappa shape index (κ2) is 8.84. The first-order valence-electron chi connectivity index (χ1n) is 8.41. The summed E-state index contributed by atoms with van der Waals surface area (Å²) in [6.45, 7) is 4.93. The van der Waals surface area contributed by atoms with Gasteiger partial charge in [-0.2, -0.15) is 0 Å². The van der Waals surface area contributed by atoms with Gasteiger partial charge in [0, 0.05) is 11.3 Å². The zero-order valence-corrected chi connectivity index (χ0v) is 15.4. The van der Waals surface area contributed by atoms with Crippen molar-refractivity contribution in [2.45, 2.75) is 33.0 Å². The fourth-order valence-electron chi connectivity index (χ4n) is 2.23. The summed E-state index contributed by atoms with van der Waals surface area (Å²) in [4.78, 5) is 35.4. The summed E-state index contributed by atoms with van der Waals surface area (Å²) in [5.41, 5.74) is 6.95. The molecular formula is C20H22N2O5. The van der Waals surface area contributed by atoms with Crippen molar-refractivity contribution in [1.29, 1.82) is 0 Å². The highest BCUT2D eigenvalue weighted by molar-refractivity contribution is 5.96. The van der Waals surface area contributed by atoms with Gasteiger partial charge in [0.25, 0.3) is 5.91 Å². The molecule has 0 aliphatic carbocycles. The third kappa shape index (κ3) is 5.85. The van der Waals surface area contributed by atoms with Crippen LogP contribution in [0, 0.1) is 6.92 Å². The van der Waals surface area contributed by atoms with Crippen LogP contribution in [0.25, 0.3) is 0 Å². The van der Waals surface area contributed by atoms with Gasteiger partial charge in [0.2, 0.25) is 5.91 Å². The van der Waals surface area contributed by atoms with E-state index < -0.39 is 30.0 Å². The molecular weight excluding hydrogens is 348 g/mol. The van der Waals surface area contributed by atoms with Gasteiger partial charge in [-0.15, -0.1) is 0 Å². The topological polar surface area (TPSA) is 108 Å². The lowest BCUT2D eigenvalue weighted by Crippen LogP contribution is -2.35. The van der Waals surface area contributed by atoms with Crippen molar-refractivity contribution in [3.63, 3.8) is 0 Å². The summed E-state index contributed by atoms with van der Waals surface area (Å²) in [6.07, 6.45) is -1.88. The van der Waals surface area contributed by atoms with E-state index in [1.54, 1.807) is 19.1 Å². The van der Waals surface area contributed by atoms with Crippen molar-refractivity contribution in [2.24, 2.45) is 5.73 Å². The number of carbonyl (C=O) groups excluding carboxylic acids is 3. The van der Waals surface area contributed by atoms with Crippen LogP contribution in [0.1, 0.15) is 29.8 Å². The number of nitrogens with two attached hydrogens (primary N) is 1. The summed E-state index contributed by atoms with van der Waals surface area (Å²) >= 11 is 0. The van der Waals surface area contributed by atoms with Gasteiger partial charge in [-0.05, 0) is 62.7 Å². The summed E-state index contributed by atoms with van der Waals surface area (Å²) in [5.74, 6) is -1.16. The molecule has 3 N–H and O–H groups in total. The molecule has 2 atom stereocenters. The largest absolute Gasteiger partial charge is 0.479 e. The number of carbonyl (C=O) groups is 3. The number of hydrogen-bond acceptors (Lipinski definition) is 5. The number of ether oxygens (including phenoxy) is 2. The quantitative estimate of drug-likeness (QED) is 0.728. The van der Waals surface area contributed by atoms with Gasteiger partial charge in [-0.3, -0.25) is 9.59 Å². The summed E-state index contributed by atoms with van der Waals surface area (Å²) in [5, 5.41) is 2.60. The SMILES string of the molecule is Cc1cccc(O[C@H](C)C(=O)O[C@H](C)C(=O)Nc2ccc(C(N)=O)cc2)c1. The first-order valence-corrected chi connectivity index (χ1v) is 8.41. The number of aryl methyl sites for hydroxylation is 1. The smallest absolute Gasteiger partial charge is 0.347 e. The molecule has 2 aromatic carbocycles. The van der Waals surface area contributed by atoms with Crippen LogP contribution >= 0.6 is 0 Å². The molecule has 7 heteroatoms. The van der Waals surface area contributed by atoms with E-state index in [2.05, 4.69) is 5.32 Å². The Morgan fingerprint density at radius 2 is 1.67 bits per heavy atom. The lowest BCUT2D eigenvalue weighted by molar-refractivity contribution is -0.159. The molecule has 0 aliphatic rings. The van der Waals surface area contributed by atoms with E-state index in [0.717, 1.165) is 5.56 Å². The normalized spacial score (nSPS) is 12.6. The standard InChI is InChI=1S/C20H22N2O5/c1-12-5-4-6-17(11-12)26-14(3)20(25)27-13(2)19(24)22-16-9-7-15(8-10-16)18(21)23/h4-11,13-14H,1-3H3,(H2,21,23)(H,22,24)/t13-,14-/m1/s1. The number of primary amides is 1. The molecule has 0 aromatic heterocycles. The van der Waals surface area contributed by atoms with Crippen molar-refractivity contribution in [3.05, 3.63) is 59.7 Å². The van der Waals surface area contributed by atoms with E-state index in [0.29, 0.717) is 17.0 Å². The highest BCUT2D eigenvalue weighted by Crippen LogP contribution is 2.15. The molecule has 0 saturated carbocycles. The minimum Gasteiger partial charge on any atom is -0.479 e. The molecule has 7 nitrogen and oxygen atoms in total. The fraction of sp³-hybridized carbons (Fsp3) is 0.250. The maximum Gasteiger partial charge on any atom is 0.347 e. The van der Waals surface area contributed by atoms with Crippen molar-refractivity contribution in [1.82, 2.24) is 0 Å². The third-order valence-corrected chi connectivity index (χ3v) is 3.73. The second-order valence-electron chi connectivity index (χ2n) is 6.09. The van der Waals surface area contributed by atoms with Crippen LogP contribution in [0.3, 0.4) is 0 Å². The lowest BCUT2D eigenvalue weighted by atomic mass is 10.2. The highest BCUT2D eigenvalue weighted by Gasteiger charge is 2.23. The Morgan fingerprint density at radius 3 is 2.26 bits per heavy atom. The monoisotopic (exact) mass is 370 g/mol.